The van der Waals surface area contributed by atoms with Crippen LogP contribution in [0.5, 0.6) is 0 Å². The maximum absolute atomic E-state index is 3.91. The number of allylic oxidation sites excluding steroid dienone is 1. The number of hydrogen-bond acceptors (Lipinski definition) is 1. The highest BCUT2D eigenvalue weighted by atomic mass is 14.9. The molecule has 0 atom stereocenters. The molecule has 8 rings (SSSR count). The third-order valence-corrected chi connectivity index (χ3v) is 10.4. The summed E-state index contributed by atoms with van der Waals surface area (Å²) >= 11 is 0. The van der Waals surface area contributed by atoms with Crippen molar-refractivity contribution >= 4 is 16.5 Å². The maximum Gasteiger partial charge on any atom is 0.0400 e. The summed E-state index contributed by atoms with van der Waals surface area (Å²) in [4.78, 5) is 0. The topological polar surface area (TPSA) is 12.0 Å². The lowest BCUT2D eigenvalue weighted by molar-refractivity contribution is 0.653. The van der Waals surface area contributed by atoms with Gasteiger partial charge in [-0.1, -0.05) is 149 Å². The molecule has 1 nitrogen and oxygen atoms in total. The first kappa shape index (κ1) is 27.7. The van der Waals surface area contributed by atoms with Gasteiger partial charge in [-0.25, -0.2) is 0 Å². The Balaban J connectivity index is 1.27. The van der Waals surface area contributed by atoms with Crippen molar-refractivity contribution in [1.29, 1.82) is 0 Å². The summed E-state index contributed by atoms with van der Waals surface area (Å²) in [7, 11) is 0. The molecule has 0 fully saturated rings. The molecular weight excluding hydrogens is 542 g/mol. The largest absolute Gasteiger partial charge is 0.381 e. The summed E-state index contributed by atoms with van der Waals surface area (Å²) in [5, 5.41) is 6.51. The van der Waals surface area contributed by atoms with Crippen LogP contribution in [0.2, 0.25) is 0 Å². The zero-order chi connectivity index (χ0) is 30.8. The molecule has 0 heterocycles. The zero-order valence-corrected chi connectivity index (χ0v) is 26.6. The summed E-state index contributed by atoms with van der Waals surface area (Å²) in [5.41, 5.74) is 16.2. The Morgan fingerprint density at radius 3 is 2.07 bits per heavy atom. The average molecular weight is 582 g/mol. The molecule has 220 valence electrons. The van der Waals surface area contributed by atoms with Crippen LogP contribution >= 0.6 is 0 Å². The first-order valence-corrected chi connectivity index (χ1v) is 16.2. The third kappa shape index (κ3) is 4.37. The molecule has 0 aliphatic heterocycles. The molecule has 0 aromatic heterocycles. The molecule has 0 bridgehead atoms. The van der Waals surface area contributed by atoms with E-state index in [0.717, 1.165) is 13.0 Å². The van der Waals surface area contributed by atoms with Gasteiger partial charge in [-0.05, 0) is 85.0 Å². The van der Waals surface area contributed by atoms with Crippen LogP contribution in [0.3, 0.4) is 0 Å². The Hall–Kier alpha value is -4.88. The van der Waals surface area contributed by atoms with E-state index >= 15 is 0 Å². The minimum atomic E-state index is -0.0781. The van der Waals surface area contributed by atoms with Gasteiger partial charge in [0.15, 0.2) is 0 Å². The monoisotopic (exact) mass is 581 g/mol. The Morgan fingerprint density at radius 2 is 1.24 bits per heavy atom. The molecule has 2 aliphatic rings. The lowest BCUT2D eigenvalue weighted by Crippen LogP contribution is -2.18. The van der Waals surface area contributed by atoms with Gasteiger partial charge in [0, 0.05) is 28.6 Å². The van der Waals surface area contributed by atoms with E-state index in [2.05, 4.69) is 166 Å². The second-order valence-electron chi connectivity index (χ2n) is 13.8. The van der Waals surface area contributed by atoms with E-state index < -0.39 is 0 Å². The highest BCUT2D eigenvalue weighted by Gasteiger charge is 2.38. The molecule has 0 radical (unpaired) electrons. The van der Waals surface area contributed by atoms with Crippen LogP contribution < -0.4 is 5.32 Å². The smallest absolute Gasteiger partial charge is 0.0400 e. The van der Waals surface area contributed by atoms with E-state index in [1.807, 2.05) is 0 Å². The molecule has 1 N–H and O–H groups in total. The molecule has 0 saturated carbocycles. The van der Waals surface area contributed by atoms with Crippen molar-refractivity contribution in [3.05, 3.63) is 172 Å². The standard InChI is InChI=1S/C44H39N/c1-43(2)38-23-13-21-35(41(38)36-26-31-16-8-9-17-32(31)27-39(36)43)40(45-28-29-14-6-5-7-15-29)25-24-30-18-12-20-34-33-19-10-11-22-37(33)44(3,4)42(30)34/h5-23,25-27,45H,24,28H2,1-4H3/b40-25-. The van der Waals surface area contributed by atoms with Crippen molar-refractivity contribution in [2.75, 3.05) is 0 Å². The molecule has 0 unspecified atom stereocenters. The van der Waals surface area contributed by atoms with Crippen molar-refractivity contribution in [2.24, 2.45) is 0 Å². The van der Waals surface area contributed by atoms with Crippen LogP contribution in [0.15, 0.2) is 133 Å². The Morgan fingerprint density at radius 1 is 0.578 bits per heavy atom. The normalized spacial score (nSPS) is 15.3. The predicted octanol–water partition coefficient (Wildman–Crippen LogP) is 10.8. The van der Waals surface area contributed by atoms with E-state index in [9.17, 15) is 0 Å². The second-order valence-corrected chi connectivity index (χ2v) is 13.8. The van der Waals surface area contributed by atoms with Crippen LogP contribution in [0.25, 0.3) is 38.7 Å². The van der Waals surface area contributed by atoms with Gasteiger partial charge in [-0.3, -0.25) is 0 Å². The van der Waals surface area contributed by atoms with Crippen molar-refractivity contribution in [1.82, 2.24) is 5.32 Å². The second kappa shape index (κ2) is 10.3. The Bertz CT molecular complexity index is 2130. The van der Waals surface area contributed by atoms with Gasteiger partial charge in [-0.15, -0.1) is 0 Å². The Labute approximate surface area is 267 Å². The van der Waals surface area contributed by atoms with Crippen molar-refractivity contribution in [3.8, 4) is 22.3 Å². The van der Waals surface area contributed by atoms with Gasteiger partial charge in [-0.2, -0.15) is 0 Å². The van der Waals surface area contributed by atoms with Crippen molar-refractivity contribution < 1.29 is 0 Å². The van der Waals surface area contributed by atoms with Crippen LogP contribution in [-0.4, -0.2) is 0 Å². The fourth-order valence-electron chi connectivity index (χ4n) is 8.11. The Kier molecular flexibility index (Phi) is 6.36. The number of nitrogens with one attached hydrogen (secondary N) is 1. The quantitative estimate of drug-likeness (QED) is 0.206. The summed E-state index contributed by atoms with van der Waals surface area (Å²) < 4.78 is 0. The summed E-state index contributed by atoms with van der Waals surface area (Å²) in [6, 6.07) is 47.0. The van der Waals surface area contributed by atoms with Gasteiger partial charge in [0.2, 0.25) is 0 Å². The minimum Gasteiger partial charge on any atom is -0.381 e. The van der Waals surface area contributed by atoms with E-state index in [1.54, 1.807) is 0 Å². The molecule has 1 heteroatoms. The van der Waals surface area contributed by atoms with Crippen LogP contribution in [0, 0.1) is 0 Å². The lowest BCUT2D eigenvalue weighted by Gasteiger charge is -2.24. The fourth-order valence-corrected chi connectivity index (χ4v) is 8.11. The van der Waals surface area contributed by atoms with Crippen LogP contribution in [0.4, 0.5) is 0 Å². The highest BCUT2D eigenvalue weighted by molar-refractivity contribution is 5.97. The third-order valence-electron chi connectivity index (χ3n) is 10.4. The maximum atomic E-state index is 3.91. The average Bonchev–Trinajstić information content (AvgIpc) is 3.44. The van der Waals surface area contributed by atoms with Crippen LogP contribution in [-0.2, 0) is 23.8 Å². The van der Waals surface area contributed by atoms with Gasteiger partial charge in [0.1, 0.15) is 0 Å². The molecule has 45 heavy (non-hydrogen) atoms. The summed E-state index contributed by atoms with van der Waals surface area (Å²) in [6.45, 7) is 10.3. The van der Waals surface area contributed by atoms with E-state index in [-0.39, 0.29) is 10.8 Å². The molecule has 2 aliphatic carbocycles. The first-order valence-electron chi connectivity index (χ1n) is 16.2. The number of rotatable bonds is 6. The van der Waals surface area contributed by atoms with Gasteiger partial charge in [0.05, 0.1) is 0 Å². The number of hydrogen-bond donors (Lipinski definition) is 1. The van der Waals surface area contributed by atoms with Crippen LogP contribution in [0.1, 0.15) is 66.6 Å². The predicted molar refractivity (Wildman–Crippen MR) is 190 cm³/mol. The van der Waals surface area contributed by atoms with Gasteiger partial charge in [0.25, 0.3) is 0 Å². The summed E-state index contributed by atoms with van der Waals surface area (Å²) in [5.74, 6) is 0. The molecular formula is C44H39N. The van der Waals surface area contributed by atoms with E-state index in [4.69, 9.17) is 0 Å². The minimum absolute atomic E-state index is 0.0357. The number of benzene rings is 6. The highest BCUT2D eigenvalue weighted by Crippen LogP contribution is 2.53. The lowest BCUT2D eigenvalue weighted by atomic mass is 9.79. The fraction of sp³-hybridized carbons (Fsp3) is 0.182. The molecule has 0 saturated heterocycles. The SMILES string of the molecule is CC1(C)c2cc3ccccc3cc2-c2c(/C(=C/Cc3cccc4c3C(C)(C)c3ccccc3-4)NCc3ccccc3)cccc21. The molecule has 0 amide bonds. The molecule has 0 spiro atoms. The number of fused-ring (bicyclic) bond motifs is 7. The van der Waals surface area contributed by atoms with Gasteiger partial charge >= 0.3 is 0 Å². The van der Waals surface area contributed by atoms with Crippen molar-refractivity contribution in [3.63, 3.8) is 0 Å². The van der Waals surface area contributed by atoms with Gasteiger partial charge < -0.3 is 5.32 Å². The summed E-state index contributed by atoms with van der Waals surface area (Å²) in [6.07, 6.45) is 3.30. The van der Waals surface area contributed by atoms with Crippen molar-refractivity contribution in [2.45, 2.75) is 51.5 Å². The molecule has 6 aromatic carbocycles. The van der Waals surface area contributed by atoms with E-state index in [1.165, 1.54) is 77.7 Å². The van der Waals surface area contributed by atoms with E-state index in [0.29, 0.717) is 0 Å². The first-order chi connectivity index (χ1) is 21.8. The molecule has 6 aromatic rings. The zero-order valence-electron chi connectivity index (χ0n) is 26.6.